The van der Waals surface area contributed by atoms with E-state index in [0.29, 0.717) is 11.5 Å². The minimum atomic E-state index is -0.637. The van der Waals surface area contributed by atoms with Crippen LogP contribution in [0.5, 0.6) is 11.5 Å². The minimum absolute atomic E-state index is 0.150. The summed E-state index contributed by atoms with van der Waals surface area (Å²) in [5.74, 6) is 0.124. The van der Waals surface area contributed by atoms with Gasteiger partial charge in [0.2, 0.25) is 5.91 Å². The van der Waals surface area contributed by atoms with Gasteiger partial charge >= 0.3 is 5.97 Å². The molecular formula is C16H19NO5. The Morgan fingerprint density at radius 2 is 2.05 bits per heavy atom. The quantitative estimate of drug-likeness (QED) is 0.451. The van der Waals surface area contributed by atoms with Crippen LogP contribution in [0.4, 0.5) is 0 Å². The van der Waals surface area contributed by atoms with Gasteiger partial charge in [-0.3, -0.25) is 4.79 Å². The standard InChI is InChI=1S/C16H19NO5/c1-5-12-14(16(19)22-4)17(15(12)18)9-10-6-7-11(20-2)8-13(10)21-3/h5-8,12,14H,1,9H2,2-4H3/t12-,14-/m0/s1. The summed E-state index contributed by atoms with van der Waals surface area (Å²) in [6, 6.07) is 4.68. The van der Waals surface area contributed by atoms with Crippen molar-refractivity contribution in [2.75, 3.05) is 21.3 Å². The van der Waals surface area contributed by atoms with Crippen LogP contribution in [0.2, 0.25) is 0 Å². The number of β-lactam (4-membered cyclic amide) rings is 1. The lowest BCUT2D eigenvalue weighted by molar-refractivity contribution is -0.170. The zero-order valence-electron chi connectivity index (χ0n) is 12.9. The third kappa shape index (κ3) is 2.64. The van der Waals surface area contributed by atoms with Crippen LogP contribution in [-0.4, -0.2) is 44.1 Å². The van der Waals surface area contributed by atoms with Crippen molar-refractivity contribution in [1.82, 2.24) is 4.90 Å². The molecule has 2 rings (SSSR count). The van der Waals surface area contributed by atoms with Gasteiger partial charge in [-0.15, -0.1) is 6.58 Å². The summed E-state index contributed by atoms with van der Waals surface area (Å²) >= 11 is 0. The number of esters is 1. The van der Waals surface area contributed by atoms with Crippen molar-refractivity contribution < 1.29 is 23.8 Å². The van der Waals surface area contributed by atoms with Gasteiger partial charge in [-0.05, 0) is 12.1 Å². The van der Waals surface area contributed by atoms with E-state index < -0.39 is 17.9 Å². The average Bonchev–Trinajstić information content (AvgIpc) is 2.56. The molecule has 118 valence electrons. The van der Waals surface area contributed by atoms with Gasteiger partial charge in [0.05, 0.1) is 33.8 Å². The zero-order valence-corrected chi connectivity index (χ0v) is 12.9. The van der Waals surface area contributed by atoms with E-state index in [-0.39, 0.29) is 12.5 Å². The lowest BCUT2D eigenvalue weighted by atomic mass is 9.86. The molecule has 1 heterocycles. The number of hydrogen-bond acceptors (Lipinski definition) is 5. The van der Waals surface area contributed by atoms with Crippen LogP contribution < -0.4 is 9.47 Å². The molecule has 0 aromatic heterocycles. The maximum Gasteiger partial charge on any atom is 0.329 e. The number of benzene rings is 1. The Bertz CT molecular complexity index is 598. The first-order valence-electron chi connectivity index (χ1n) is 6.79. The first-order chi connectivity index (χ1) is 10.6. The number of methoxy groups -OCH3 is 3. The molecule has 1 fully saturated rings. The maximum absolute atomic E-state index is 12.1. The number of carbonyl (C=O) groups is 2. The van der Waals surface area contributed by atoms with Crippen molar-refractivity contribution in [2.24, 2.45) is 5.92 Å². The predicted molar refractivity (Wildman–Crippen MR) is 79.6 cm³/mol. The van der Waals surface area contributed by atoms with Crippen LogP contribution in [0.3, 0.4) is 0 Å². The summed E-state index contributed by atoms with van der Waals surface area (Å²) < 4.78 is 15.2. The second-order valence-corrected chi connectivity index (χ2v) is 4.87. The fourth-order valence-corrected chi connectivity index (χ4v) is 2.54. The fraction of sp³-hybridized carbons (Fsp3) is 0.375. The SMILES string of the molecule is C=C[C@@H]1C(=O)N(Cc2ccc(OC)cc2OC)[C@@H]1C(=O)OC. The maximum atomic E-state index is 12.1. The second kappa shape index (κ2) is 6.51. The molecule has 22 heavy (non-hydrogen) atoms. The molecule has 0 N–H and O–H groups in total. The van der Waals surface area contributed by atoms with E-state index in [1.54, 1.807) is 32.4 Å². The predicted octanol–water partition coefficient (Wildman–Crippen LogP) is 1.39. The molecule has 0 aliphatic carbocycles. The molecule has 0 saturated carbocycles. The summed E-state index contributed by atoms with van der Waals surface area (Å²) in [6.07, 6.45) is 1.48. The van der Waals surface area contributed by atoms with Gasteiger partial charge in [-0.1, -0.05) is 6.08 Å². The highest BCUT2D eigenvalue weighted by Gasteiger charge is 2.50. The zero-order chi connectivity index (χ0) is 16.3. The highest BCUT2D eigenvalue weighted by atomic mass is 16.5. The van der Waals surface area contributed by atoms with Crippen molar-refractivity contribution in [2.45, 2.75) is 12.6 Å². The van der Waals surface area contributed by atoms with E-state index in [2.05, 4.69) is 6.58 Å². The van der Waals surface area contributed by atoms with Gasteiger partial charge < -0.3 is 19.1 Å². The molecule has 1 aliphatic heterocycles. The molecule has 6 nitrogen and oxygen atoms in total. The Kier molecular flexibility index (Phi) is 4.70. The van der Waals surface area contributed by atoms with E-state index in [9.17, 15) is 9.59 Å². The summed E-state index contributed by atoms with van der Waals surface area (Å²) in [4.78, 5) is 25.4. The first kappa shape index (κ1) is 15.9. The van der Waals surface area contributed by atoms with Crippen LogP contribution in [0.1, 0.15) is 5.56 Å². The average molecular weight is 305 g/mol. The number of nitrogens with zero attached hydrogens (tertiary/aromatic N) is 1. The Morgan fingerprint density at radius 1 is 1.32 bits per heavy atom. The molecule has 1 aromatic rings. The molecule has 0 bridgehead atoms. The summed E-state index contributed by atoms with van der Waals surface area (Å²) in [7, 11) is 4.41. The van der Waals surface area contributed by atoms with Gasteiger partial charge in [0.1, 0.15) is 17.5 Å². The monoisotopic (exact) mass is 305 g/mol. The third-order valence-electron chi connectivity index (χ3n) is 3.78. The molecule has 0 radical (unpaired) electrons. The number of amides is 1. The van der Waals surface area contributed by atoms with Crippen LogP contribution in [0.25, 0.3) is 0 Å². The van der Waals surface area contributed by atoms with E-state index in [4.69, 9.17) is 14.2 Å². The highest BCUT2D eigenvalue weighted by molar-refractivity contribution is 5.98. The number of rotatable bonds is 6. The van der Waals surface area contributed by atoms with E-state index in [0.717, 1.165) is 5.56 Å². The third-order valence-corrected chi connectivity index (χ3v) is 3.78. The molecule has 2 atom stereocenters. The fourth-order valence-electron chi connectivity index (χ4n) is 2.54. The number of ether oxygens (including phenoxy) is 3. The topological polar surface area (TPSA) is 65.1 Å². The van der Waals surface area contributed by atoms with Crippen LogP contribution >= 0.6 is 0 Å². The van der Waals surface area contributed by atoms with Gasteiger partial charge in [0, 0.05) is 11.6 Å². The normalized spacial score (nSPS) is 20.1. The van der Waals surface area contributed by atoms with E-state index in [1.807, 2.05) is 0 Å². The van der Waals surface area contributed by atoms with Crippen molar-refractivity contribution in [1.29, 1.82) is 0 Å². The summed E-state index contributed by atoms with van der Waals surface area (Å²) in [5, 5.41) is 0. The van der Waals surface area contributed by atoms with Gasteiger partial charge in [0.25, 0.3) is 0 Å². The van der Waals surface area contributed by atoms with Gasteiger partial charge in [0.15, 0.2) is 0 Å². The second-order valence-electron chi connectivity index (χ2n) is 4.87. The van der Waals surface area contributed by atoms with Crippen LogP contribution in [0, 0.1) is 5.92 Å². The van der Waals surface area contributed by atoms with Crippen molar-refractivity contribution >= 4 is 11.9 Å². The molecule has 1 amide bonds. The van der Waals surface area contributed by atoms with Gasteiger partial charge in [-0.25, -0.2) is 4.79 Å². The first-order valence-corrected chi connectivity index (χ1v) is 6.79. The molecule has 1 aliphatic rings. The molecule has 6 heteroatoms. The molecular weight excluding hydrogens is 286 g/mol. The van der Waals surface area contributed by atoms with Crippen LogP contribution in [0.15, 0.2) is 30.9 Å². The van der Waals surface area contributed by atoms with Crippen molar-refractivity contribution in [3.8, 4) is 11.5 Å². The summed E-state index contributed by atoms with van der Waals surface area (Å²) in [6.45, 7) is 3.86. The van der Waals surface area contributed by atoms with Crippen molar-refractivity contribution in [3.63, 3.8) is 0 Å². The number of hydrogen-bond donors (Lipinski definition) is 0. The van der Waals surface area contributed by atoms with Gasteiger partial charge in [-0.2, -0.15) is 0 Å². The summed E-state index contributed by atoms with van der Waals surface area (Å²) in [5.41, 5.74) is 0.785. The highest BCUT2D eigenvalue weighted by Crippen LogP contribution is 2.33. The molecule has 0 unspecified atom stereocenters. The minimum Gasteiger partial charge on any atom is -0.497 e. The van der Waals surface area contributed by atoms with Crippen LogP contribution in [-0.2, 0) is 20.9 Å². The lowest BCUT2D eigenvalue weighted by Crippen LogP contribution is -2.63. The molecule has 0 spiro atoms. The van der Waals surface area contributed by atoms with E-state index >= 15 is 0 Å². The molecule has 1 saturated heterocycles. The lowest BCUT2D eigenvalue weighted by Gasteiger charge is -2.44. The Labute approximate surface area is 129 Å². The smallest absolute Gasteiger partial charge is 0.329 e. The molecule has 1 aromatic carbocycles. The number of carbonyl (C=O) groups excluding carboxylic acids is 2. The largest absolute Gasteiger partial charge is 0.497 e. The Hall–Kier alpha value is -2.50. The van der Waals surface area contributed by atoms with E-state index in [1.165, 1.54) is 18.1 Å². The Morgan fingerprint density at radius 3 is 2.59 bits per heavy atom. The van der Waals surface area contributed by atoms with Crippen molar-refractivity contribution in [3.05, 3.63) is 36.4 Å². The number of likely N-dealkylation sites (tertiary alicyclic amines) is 1. The Balaban J connectivity index is 2.24.